The van der Waals surface area contributed by atoms with Crippen LogP contribution >= 0.6 is 0 Å². The van der Waals surface area contributed by atoms with Crippen LogP contribution in [0.3, 0.4) is 0 Å². The predicted molar refractivity (Wildman–Crippen MR) is 54.6 cm³/mol. The first kappa shape index (κ1) is 9.98. The molecule has 1 aliphatic heterocycles. The minimum atomic E-state index is -0.720. The van der Waals surface area contributed by atoms with E-state index in [4.69, 9.17) is 10.5 Å². The number of nitrogens with two attached hydrogens (primary N) is 1. The molecule has 0 aromatic heterocycles. The Kier molecular flexibility index (Phi) is 2.60. The van der Waals surface area contributed by atoms with Crippen LogP contribution in [0, 0.1) is 0 Å². The lowest BCUT2D eigenvalue weighted by atomic mass is 10.1. The van der Waals surface area contributed by atoms with Gasteiger partial charge in [0.2, 0.25) is 0 Å². The van der Waals surface area contributed by atoms with E-state index >= 15 is 0 Å². The number of carbonyl (C=O) groups is 1. The summed E-state index contributed by atoms with van der Waals surface area (Å²) in [5, 5.41) is 0. The van der Waals surface area contributed by atoms with Crippen LogP contribution in [0.2, 0.25) is 0 Å². The summed E-state index contributed by atoms with van der Waals surface area (Å²) in [5.74, 6) is 0.370. The van der Waals surface area contributed by atoms with Crippen LogP contribution in [0.15, 0.2) is 24.3 Å². The lowest BCUT2D eigenvalue weighted by Crippen LogP contribution is -2.45. The van der Waals surface area contributed by atoms with E-state index in [0.29, 0.717) is 6.42 Å². The van der Waals surface area contributed by atoms with Gasteiger partial charge in [0, 0.05) is 6.42 Å². The number of ether oxygens (including phenoxy) is 2. The second-order valence-corrected chi connectivity index (χ2v) is 3.52. The third-order valence-electron chi connectivity index (χ3n) is 2.55. The average molecular weight is 207 g/mol. The van der Waals surface area contributed by atoms with Crippen molar-refractivity contribution in [1.29, 1.82) is 0 Å². The first-order valence-electron chi connectivity index (χ1n) is 4.80. The van der Waals surface area contributed by atoms with Gasteiger partial charge in [0.1, 0.15) is 17.9 Å². The van der Waals surface area contributed by atoms with Crippen LogP contribution in [0.5, 0.6) is 5.75 Å². The molecule has 0 saturated heterocycles. The number of para-hydroxylation sites is 1. The summed E-state index contributed by atoms with van der Waals surface area (Å²) in [5.41, 5.74) is 6.80. The smallest absolute Gasteiger partial charge is 0.326 e. The minimum Gasteiger partial charge on any atom is -0.488 e. The van der Waals surface area contributed by atoms with Crippen molar-refractivity contribution in [3.63, 3.8) is 0 Å². The van der Waals surface area contributed by atoms with Crippen LogP contribution in [-0.2, 0) is 16.0 Å². The number of fused-ring (bicyclic) bond motifs is 1. The van der Waals surface area contributed by atoms with Crippen molar-refractivity contribution in [1.82, 2.24) is 0 Å². The van der Waals surface area contributed by atoms with Crippen LogP contribution < -0.4 is 10.5 Å². The fourth-order valence-electron chi connectivity index (χ4n) is 1.70. The second kappa shape index (κ2) is 3.90. The van der Waals surface area contributed by atoms with E-state index in [0.717, 1.165) is 11.3 Å². The lowest BCUT2D eigenvalue weighted by Gasteiger charge is -2.16. The van der Waals surface area contributed by atoms with Gasteiger partial charge in [-0.25, -0.2) is 0 Å². The summed E-state index contributed by atoms with van der Waals surface area (Å²) in [6.07, 6.45) is 0.349. The molecule has 0 unspecified atom stereocenters. The SMILES string of the molecule is COC(=O)[C@@H](N)[C@@H]1Cc2ccccc2O1. The normalized spacial score (nSPS) is 20.3. The Morgan fingerprint density at radius 2 is 2.33 bits per heavy atom. The van der Waals surface area contributed by atoms with Crippen molar-refractivity contribution in [3.05, 3.63) is 29.8 Å². The van der Waals surface area contributed by atoms with E-state index in [2.05, 4.69) is 4.74 Å². The molecule has 2 atom stereocenters. The number of esters is 1. The molecule has 0 saturated carbocycles. The average Bonchev–Trinajstić information content (AvgIpc) is 2.70. The van der Waals surface area contributed by atoms with Gasteiger partial charge in [0.25, 0.3) is 0 Å². The van der Waals surface area contributed by atoms with Crippen molar-refractivity contribution < 1.29 is 14.3 Å². The molecular weight excluding hydrogens is 194 g/mol. The van der Waals surface area contributed by atoms with Gasteiger partial charge in [-0.3, -0.25) is 4.79 Å². The van der Waals surface area contributed by atoms with Crippen LogP contribution in [-0.4, -0.2) is 25.2 Å². The van der Waals surface area contributed by atoms with Crippen molar-refractivity contribution in [3.8, 4) is 5.75 Å². The van der Waals surface area contributed by atoms with Gasteiger partial charge in [0.05, 0.1) is 7.11 Å². The monoisotopic (exact) mass is 207 g/mol. The van der Waals surface area contributed by atoms with Crippen LogP contribution in [0.25, 0.3) is 0 Å². The standard InChI is InChI=1S/C11H13NO3/c1-14-11(13)10(12)9-6-7-4-2-3-5-8(7)15-9/h2-5,9-10H,6,12H2,1H3/t9-,10-/m0/s1. The van der Waals surface area contributed by atoms with Gasteiger partial charge in [-0.05, 0) is 11.6 Å². The molecule has 2 N–H and O–H groups in total. The molecule has 0 fully saturated rings. The predicted octanol–water partition coefficient (Wildman–Crippen LogP) is 0.490. The summed E-state index contributed by atoms with van der Waals surface area (Å²) < 4.78 is 10.1. The summed E-state index contributed by atoms with van der Waals surface area (Å²) >= 11 is 0. The van der Waals surface area contributed by atoms with Crippen LogP contribution in [0.4, 0.5) is 0 Å². The summed E-state index contributed by atoms with van der Waals surface area (Å²) in [7, 11) is 1.32. The number of benzene rings is 1. The van der Waals surface area contributed by atoms with E-state index in [-0.39, 0.29) is 6.10 Å². The second-order valence-electron chi connectivity index (χ2n) is 3.52. The largest absolute Gasteiger partial charge is 0.488 e. The highest BCUT2D eigenvalue weighted by Crippen LogP contribution is 2.29. The molecule has 4 heteroatoms. The third kappa shape index (κ3) is 1.80. The molecule has 1 heterocycles. The molecule has 0 radical (unpaired) electrons. The molecule has 80 valence electrons. The van der Waals surface area contributed by atoms with Gasteiger partial charge in [-0.2, -0.15) is 0 Å². The summed E-state index contributed by atoms with van der Waals surface area (Å²) in [6, 6.07) is 6.96. The Bertz CT molecular complexity index is 353. The van der Waals surface area contributed by atoms with E-state index < -0.39 is 12.0 Å². The molecule has 1 aromatic rings. The Morgan fingerprint density at radius 1 is 1.60 bits per heavy atom. The van der Waals surface area contributed by atoms with Gasteiger partial charge in [0.15, 0.2) is 0 Å². The molecular formula is C11H13NO3. The Hall–Kier alpha value is -1.55. The Morgan fingerprint density at radius 3 is 3.00 bits per heavy atom. The van der Waals surface area contributed by atoms with E-state index in [1.165, 1.54) is 7.11 Å². The zero-order valence-electron chi connectivity index (χ0n) is 8.47. The highest BCUT2D eigenvalue weighted by Gasteiger charge is 2.32. The van der Waals surface area contributed by atoms with Crippen molar-refractivity contribution in [2.45, 2.75) is 18.6 Å². The molecule has 15 heavy (non-hydrogen) atoms. The maximum atomic E-state index is 11.2. The molecule has 0 bridgehead atoms. The van der Waals surface area contributed by atoms with Crippen LogP contribution in [0.1, 0.15) is 5.56 Å². The molecule has 1 aromatic carbocycles. The van der Waals surface area contributed by atoms with Crippen molar-refractivity contribution >= 4 is 5.97 Å². The van der Waals surface area contributed by atoms with Gasteiger partial charge in [-0.1, -0.05) is 18.2 Å². The number of carbonyl (C=O) groups excluding carboxylic acids is 1. The number of methoxy groups -OCH3 is 1. The maximum Gasteiger partial charge on any atom is 0.326 e. The molecule has 0 amide bonds. The molecule has 1 aliphatic rings. The molecule has 0 spiro atoms. The highest BCUT2D eigenvalue weighted by atomic mass is 16.5. The quantitative estimate of drug-likeness (QED) is 0.717. The zero-order chi connectivity index (χ0) is 10.8. The molecule has 4 nitrogen and oxygen atoms in total. The molecule has 2 rings (SSSR count). The van der Waals surface area contributed by atoms with Crippen molar-refractivity contribution in [2.75, 3.05) is 7.11 Å². The number of hydrogen-bond donors (Lipinski definition) is 1. The topological polar surface area (TPSA) is 61.5 Å². The fourth-order valence-corrected chi connectivity index (χ4v) is 1.70. The first-order chi connectivity index (χ1) is 7.22. The maximum absolute atomic E-state index is 11.2. The van der Waals surface area contributed by atoms with Gasteiger partial charge >= 0.3 is 5.97 Å². The Labute approximate surface area is 88.0 Å². The Balaban J connectivity index is 2.10. The lowest BCUT2D eigenvalue weighted by molar-refractivity contribution is -0.144. The number of hydrogen-bond acceptors (Lipinski definition) is 4. The summed E-state index contributed by atoms with van der Waals surface area (Å²) in [4.78, 5) is 11.2. The number of rotatable bonds is 2. The van der Waals surface area contributed by atoms with E-state index in [9.17, 15) is 4.79 Å². The fraction of sp³-hybridized carbons (Fsp3) is 0.364. The van der Waals surface area contributed by atoms with Crippen molar-refractivity contribution in [2.24, 2.45) is 5.73 Å². The van der Waals surface area contributed by atoms with Gasteiger partial charge in [-0.15, -0.1) is 0 Å². The minimum absolute atomic E-state index is 0.310. The molecule has 0 aliphatic carbocycles. The van der Waals surface area contributed by atoms with E-state index in [1.807, 2.05) is 24.3 Å². The highest BCUT2D eigenvalue weighted by molar-refractivity contribution is 5.76. The summed E-state index contributed by atoms with van der Waals surface area (Å²) in [6.45, 7) is 0. The van der Waals surface area contributed by atoms with Gasteiger partial charge < -0.3 is 15.2 Å². The third-order valence-corrected chi connectivity index (χ3v) is 2.55. The zero-order valence-corrected chi connectivity index (χ0v) is 8.47. The first-order valence-corrected chi connectivity index (χ1v) is 4.80. The van der Waals surface area contributed by atoms with E-state index in [1.54, 1.807) is 0 Å².